The maximum Gasteiger partial charge on any atom is 0.416 e. The first-order chi connectivity index (χ1) is 9.48. The van der Waals surface area contributed by atoms with Gasteiger partial charge in [0.1, 0.15) is 0 Å². The molecule has 0 aliphatic rings. The van der Waals surface area contributed by atoms with E-state index in [4.69, 9.17) is 5.73 Å². The Labute approximate surface area is 121 Å². The summed E-state index contributed by atoms with van der Waals surface area (Å²) in [4.78, 5) is 0. The Kier molecular flexibility index (Phi) is 5.40. The number of halogens is 3. The number of aliphatic hydroxyl groups excluding tert-OH is 1. The van der Waals surface area contributed by atoms with Crippen LogP contribution in [0.1, 0.15) is 24.0 Å². The third-order valence-corrected chi connectivity index (χ3v) is 5.09. The van der Waals surface area contributed by atoms with Gasteiger partial charge in [0.05, 0.1) is 16.9 Å². The van der Waals surface area contributed by atoms with E-state index in [2.05, 4.69) is 0 Å². The van der Waals surface area contributed by atoms with E-state index in [1.807, 2.05) is 0 Å². The van der Waals surface area contributed by atoms with Gasteiger partial charge >= 0.3 is 6.18 Å². The van der Waals surface area contributed by atoms with Gasteiger partial charge in [-0.1, -0.05) is 18.2 Å². The predicted molar refractivity (Wildman–Crippen MR) is 73.6 cm³/mol. The second-order valence-corrected chi connectivity index (χ2v) is 7.39. The normalized spacial score (nSPS) is 17.3. The molecule has 1 aromatic rings. The maximum atomic E-state index is 12.7. The topological polar surface area (TPSA) is 80.4 Å². The van der Waals surface area contributed by atoms with E-state index in [0.717, 1.165) is 18.4 Å². The quantitative estimate of drug-likeness (QED) is 0.860. The Morgan fingerprint density at radius 1 is 1.33 bits per heavy atom. The third kappa shape index (κ3) is 4.42. The van der Waals surface area contributed by atoms with Crippen LogP contribution >= 0.6 is 0 Å². The van der Waals surface area contributed by atoms with Crippen LogP contribution in [0.15, 0.2) is 24.3 Å². The minimum absolute atomic E-state index is 0.162. The monoisotopic (exact) mass is 325 g/mol. The molecule has 0 saturated heterocycles. The Morgan fingerprint density at radius 2 is 1.90 bits per heavy atom. The highest BCUT2D eigenvalue weighted by molar-refractivity contribution is 7.91. The van der Waals surface area contributed by atoms with Gasteiger partial charge in [-0.25, -0.2) is 8.42 Å². The molecule has 0 radical (unpaired) electrons. The van der Waals surface area contributed by atoms with Crippen molar-refractivity contribution in [2.45, 2.75) is 30.4 Å². The molecule has 3 atom stereocenters. The number of rotatable bonds is 5. The van der Waals surface area contributed by atoms with Crippen molar-refractivity contribution in [2.75, 3.05) is 12.8 Å². The number of aliphatic hydroxyl groups is 1. The van der Waals surface area contributed by atoms with Crippen molar-refractivity contribution in [2.24, 2.45) is 5.73 Å². The SMILES string of the molecule is CC(C(O)C(CN)c1cccc(C(F)(F)F)c1)S(C)(=O)=O. The predicted octanol–water partition coefficient (Wildman–Crippen LogP) is 1.54. The van der Waals surface area contributed by atoms with Gasteiger partial charge in [0.25, 0.3) is 0 Å². The number of benzene rings is 1. The van der Waals surface area contributed by atoms with Crippen LogP contribution in [0.2, 0.25) is 0 Å². The average molecular weight is 325 g/mol. The molecule has 3 N–H and O–H groups in total. The Hall–Kier alpha value is -1.12. The molecule has 1 aromatic carbocycles. The number of nitrogens with two attached hydrogens (primary N) is 1. The highest BCUT2D eigenvalue weighted by atomic mass is 32.2. The fourth-order valence-corrected chi connectivity index (χ4v) is 2.69. The van der Waals surface area contributed by atoms with E-state index in [0.29, 0.717) is 0 Å². The van der Waals surface area contributed by atoms with Crippen molar-refractivity contribution in [1.29, 1.82) is 0 Å². The van der Waals surface area contributed by atoms with Gasteiger partial charge in [-0.05, 0) is 18.6 Å². The van der Waals surface area contributed by atoms with Gasteiger partial charge in [0.15, 0.2) is 9.84 Å². The molecule has 8 heteroatoms. The van der Waals surface area contributed by atoms with Crippen molar-refractivity contribution in [3.05, 3.63) is 35.4 Å². The van der Waals surface area contributed by atoms with Crippen LogP contribution in [0.3, 0.4) is 0 Å². The molecule has 1 rings (SSSR count). The lowest BCUT2D eigenvalue weighted by Crippen LogP contribution is -2.38. The lowest BCUT2D eigenvalue weighted by Gasteiger charge is -2.26. The summed E-state index contributed by atoms with van der Waals surface area (Å²) in [7, 11) is -3.53. The van der Waals surface area contributed by atoms with Gasteiger partial charge in [-0.3, -0.25) is 0 Å². The van der Waals surface area contributed by atoms with Crippen molar-refractivity contribution >= 4 is 9.84 Å². The first-order valence-electron chi connectivity index (χ1n) is 6.22. The summed E-state index contributed by atoms with van der Waals surface area (Å²) in [5.41, 5.74) is 4.81. The fourth-order valence-electron chi connectivity index (χ4n) is 2.00. The number of sulfone groups is 1. The van der Waals surface area contributed by atoms with Crippen LogP contribution in [-0.2, 0) is 16.0 Å². The fraction of sp³-hybridized carbons (Fsp3) is 0.538. The van der Waals surface area contributed by atoms with Gasteiger partial charge in [0, 0.05) is 18.7 Å². The molecule has 21 heavy (non-hydrogen) atoms. The molecule has 120 valence electrons. The second kappa shape index (κ2) is 6.33. The molecule has 0 fully saturated rings. The van der Waals surface area contributed by atoms with Gasteiger partial charge in [0.2, 0.25) is 0 Å². The summed E-state index contributed by atoms with van der Waals surface area (Å²) < 4.78 is 61.0. The zero-order valence-corrected chi connectivity index (χ0v) is 12.4. The van der Waals surface area contributed by atoms with Crippen LogP contribution < -0.4 is 5.73 Å². The van der Waals surface area contributed by atoms with Gasteiger partial charge in [-0.15, -0.1) is 0 Å². The van der Waals surface area contributed by atoms with Crippen LogP contribution in [-0.4, -0.2) is 37.7 Å². The highest BCUT2D eigenvalue weighted by Gasteiger charge is 2.34. The third-order valence-electron chi connectivity index (χ3n) is 3.46. The van der Waals surface area contributed by atoms with Crippen LogP contribution in [0.4, 0.5) is 13.2 Å². The Morgan fingerprint density at radius 3 is 2.33 bits per heavy atom. The summed E-state index contributed by atoms with van der Waals surface area (Å²) >= 11 is 0. The molecular formula is C13H18F3NO3S. The molecule has 0 heterocycles. The number of hydrogen-bond donors (Lipinski definition) is 2. The van der Waals surface area contributed by atoms with E-state index < -0.39 is 38.8 Å². The van der Waals surface area contributed by atoms with Crippen molar-refractivity contribution < 1.29 is 26.7 Å². The molecule has 4 nitrogen and oxygen atoms in total. The number of alkyl halides is 3. The number of hydrogen-bond acceptors (Lipinski definition) is 4. The van der Waals surface area contributed by atoms with E-state index >= 15 is 0 Å². The minimum Gasteiger partial charge on any atom is -0.391 e. The summed E-state index contributed by atoms with van der Waals surface area (Å²) in [5.74, 6) is -0.892. The van der Waals surface area contributed by atoms with E-state index in [9.17, 15) is 26.7 Å². The average Bonchev–Trinajstić information content (AvgIpc) is 2.37. The summed E-state index contributed by atoms with van der Waals surface area (Å²) in [5, 5.41) is 9.00. The highest BCUT2D eigenvalue weighted by Crippen LogP contribution is 2.32. The first-order valence-corrected chi connectivity index (χ1v) is 8.18. The van der Waals surface area contributed by atoms with Crippen LogP contribution in [0.5, 0.6) is 0 Å². The summed E-state index contributed by atoms with van der Waals surface area (Å²) in [6.07, 6.45) is -4.93. The smallest absolute Gasteiger partial charge is 0.391 e. The lowest BCUT2D eigenvalue weighted by atomic mass is 9.90. The van der Waals surface area contributed by atoms with Crippen molar-refractivity contribution in [3.63, 3.8) is 0 Å². The molecule has 0 aliphatic carbocycles. The van der Waals surface area contributed by atoms with Crippen molar-refractivity contribution in [1.82, 2.24) is 0 Å². The maximum absolute atomic E-state index is 12.7. The summed E-state index contributed by atoms with van der Waals surface area (Å²) in [6, 6.07) is 4.39. The van der Waals surface area contributed by atoms with Crippen LogP contribution in [0, 0.1) is 0 Å². The zero-order valence-electron chi connectivity index (χ0n) is 11.6. The Bertz CT molecular complexity index is 587. The first kappa shape index (κ1) is 17.9. The van der Waals surface area contributed by atoms with Gasteiger partial charge < -0.3 is 10.8 Å². The largest absolute Gasteiger partial charge is 0.416 e. The Balaban J connectivity index is 3.17. The summed E-state index contributed by atoms with van der Waals surface area (Å²) in [6.45, 7) is 1.14. The zero-order chi connectivity index (χ0) is 16.4. The molecule has 0 amide bonds. The molecule has 0 saturated carbocycles. The minimum atomic E-state index is -4.51. The molecule has 0 bridgehead atoms. The van der Waals surface area contributed by atoms with Crippen LogP contribution in [0.25, 0.3) is 0 Å². The molecule has 0 spiro atoms. The van der Waals surface area contributed by atoms with Crippen molar-refractivity contribution in [3.8, 4) is 0 Å². The standard InChI is InChI=1S/C13H18F3NO3S/c1-8(21(2,19)20)12(18)11(7-17)9-4-3-5-10(6-9)13(14,15)16/h3-6,8,11-12,18H,7,17H2,1-2H3. The van der Waals surface area contributed by atoms with E-state index in [1.165, 1.54) is 19.1 Å². The molecular weight excluding hydrogens is 307 g/mol. The van der Waals surface area contributed by atoms with E-state index in [-0.39, 0.29) is 12.1 Å². The molecule has 0 aliphatic heterocycles. The van der Waals surface area contributed by atoms with E-state index in [1.54, 1.807) is 0 Å². The molecule has 3 unspecified atom stereocenters. The molecule has 0 aromatic heterocycles. The lowest BCUT2D eigenvalue weighted by molar-refractivity contribution is -0.137. The second-order valence-electron chi connectivity index (χ2n) is 4.99. The van der Waals surface area contributed by atoms with Gasteiger partial charge in [-0.2, -0.15) is 13.2 Å².